The summed E-state index contributed by atoms with van der Waals surface area (Å²) < 4.78 is 16.3. The van der Waals surface area contributed by atoms with Crippen LogP contribution in [0.15, 0.2) is 12.2 Å². The molecule has 0 spiro atoms. The summed E-state index contributed by atoms with van der Waals surface area (Å²) >= 11 is 0. The van der Waals surface area contributed by atoms with Gasteiger partial charge in [0.2, 0.25) is 0 Å². The number of esters is 1. The van der Waals surface area contributed by atoms with E-state index in [0.29, 0.717) is 26.1 Å². The van der Waals surface area contributed by atoms with E-state index in [0.717, 1.165) is 25.7 Å². The van der Waals surface area contributed by atoms with Crippen LogP contribution in [0.25, 0.3) is 0 Å². The molecule has 0 rings (SSSR count). The molecule has 0 aliphatic rings. The quantitative estimate of drug-likeness (QED) is 0.171. The molecular formula is C16H27NO4. The molecule has 0 N–H and O–H groups in total. The Balaban J connectivity index is 3.90. The van der Waals surface area contributed by atoms with Gasteiger partial charge >= 0.3 is 5.97 Å². The first-order chi connectivity index (χ1) is 10.2. The molecule has 0 aliphatic heterocycles. The van der Waals surface area contributed by atoms with Crippen molar-refractivity contribution in [2.75, 3.05) is 19.8 Å². The van der Waals surface area contributed by atoms with Crippen molar-refractivity contribution in [2.45, 2.75) is 58.7 Å². The number of carbonyl (C=O) groups is 1. The van der Waals surface area contributed by atoms with Gasteiger partial charge in [-0.05, 0) is 19.3 Å². The topological polar surface area (TPSA) is 68.6 Å². The van der Waals surface area contributed by atoms with Crippen LogP contribution in [0.2, 0.25) is 0 Å². The van der Waals surface area contributed by atoms with E-state index in [1.54, 1.807) is 6.07 Å². The second-order valence-electron chi connectivity index (χ2n) is 4.75. The van der Waals surface area contributed by atoms with Crippen LogP contribution in [-0.2, 0) is 19.0 Å². The van der Waals surface area contributed by atoms with E-state index < -0.39 is 5.97 Å². The van der Waals surface area contributed by atoms with Crippen LogP contribution in [0.5, 0.6) is 0 Å². The fourth-order valence-corrected chi connectivity index (χ4v) is 1.48. The minimum atomic E-state index is -0.659. The van der Waals surface area contributed by atoms with Crippen LogP contribution in [0.1, 0.15) is 52.4 Å². The second kappa shape index (κ2) is 13.6. The molecule has 0 saturated heterocycles. The number of carbonyl (C=O) groups excluding carboxylic acids is 1. The number of nitrogens with zero attached hydrogens (tertiary/aromatic N) is 1. The molecule has 0 aliphatic carbocycles. The summed E-state index contributed by atoms with van der Waals surface area (Å²) in [5.74, 6) is -0.659. The fraction of sp³-hybridized carbons (Fsp3) is 0.750. The van der Waals surface area contributed by atoms with Gasteiger partial charge in [-0.1, -0.05) is 33.3 Å². The van der Waals surface area contributed by atoms with Crippen LogP contribution >= 0.6 is 0 Å². The van der Waals surface area contributed by atoms with Crippen LogP contribution in [0, 0.1) is 11.3 Å². The molecule has 0 amide bonds. The third-order valence-corrected chi connectivity index (χ3v) is 2.80. The van der Waals surface area contributed by atoms with Gasteiger partial charge in [0.05, 0.1) is 6.61 Å². The van der Waals surface area contributed by atoms with Gasteiger partial charge in [-0.2, -0.15) is 5.26 Å². The Hall–Kier alpha value is -1.38. The van der Waals surface area contributed by atoms with E-state index in [9.17, 15) is 4.79 Å². The predicted molar refractivity (Wildman–Crippen MR) is 80.5 cm³/mol. The first kappa shape index (κ1) is 19.6. The van der Waals surface area contributed by atoms with Gasteiger partial charge in [0, 0.05) is 19.6 Å². The highest BCUT2D eigenvalue weighted by Crippen LogP contribution is 2.08. The minimum Gasteiger partial charge on any atom is -0.462 e. The highest BCUT2D eigenvalue weighted by Gasteiger charge is 2.11. The molecular weight excluding hydrogens is 270 g/mol. The summed E-state index contributed by atoms with van der Waals surface area (Å²) in [4.78, 5) is 11.2. The van der Waals surface area contributed by atoms with Gasteiger partial charge in [-0.25, -0.2) is 4.79 Å². The molecule has 0 fully saturated rings. The van der Waals surface area contributed by atoms with E-state index >= 15 is 0 Å². The van der Waals surface area contributed by atoms with Crippen molar-refractivity contribution >= 4 is 5.97 Å². The maximum Gasteiger partial charge on any atom is 0.348 e. The maximum atomic E-state index is 11.2. The summed E-state index contributed by atoms with van der Waals surface area (Å²) in [7, 11) is 0. The average Bonchev–Trinajstić information content (AvgIpc) is 2.50. The Kier molecular flexibility index (Phi) is 12.7. The van der Waals surface area contributed by atoms with Crippen LogP contribution in [0.4, 0.5) is 0 Å². The largest absolute Gasteiger partial charge is 0.462 e. The van der Waals surface area contributed by atoms with Crippen molar-refractivity contribution in [3.63, 3.8) is 0 Å². The molecule has 120 valence electrons. The van der Waals surface area contributed by atoms with E-state index in [-0.39, 0.29) is 18.5 Å². The van der Waals surface area contributed by atoms with Gasteiger partial charge in [0.25, 0.3) is 0 Å². The smallest absolute Gasteiger partial charge is 0.348 e. The lowest BCUT2D eigenvalue weighted by molar-refractivity contribution is -0.152. The van der Waals surface area contributed by atoms with Gasteiger partial charge < -0.3 is 14.2 Å². The molecule has 0 saturated carbocycles. The average molecular weight is 297 g/mol. The Morgan fingerprint density at radius 1 is 1.10 bits per heavy atom. The van der Waals surface area contributed by atoms with Crippen LogP contribution in [0.3, 0.4) is 0 Å². The van der Waals surface area contributed by atoms with Crippen LogP contribution < -0.4 is 0 Å². The molecule has 0 radical (unpaired) electrons. The first-order valence-electron chi connectivity index (χ1n) is 7.65. The Morgan fingerprint density at radius 2 is 1.67 bits per heavy atom. The minimum absolute atomic E-state index is 0.176. The fourth-order valence-electron chi connectivity index (χ4n) is 1.48. The monoisotopic (exact) mass is 297 g/mol. The Morgan fingerprint density at radius 3 is 2.14 bits per heavy atom. The zero-order valence-corrected chi connectivity index (χ0v) is 13.2. The number of unbranched alkanes of at least 4 members (excludes halogenated alkanes) is 2. The predicted octanol–water partition coefficient (Wildman–Crippen LogP) is 3.35. The first-order valence-corrected chi connectivity index (χ1v) is 7.65. The summed E-state index contributed by atoms with van der Waals surface area (Å²) in [5.41, 5.74) is -0.176. The molecule has 0 bridgehead atoms. The zero-order valence-electron chi connectivity index (χ0n) is 13.2. The third-order valence-electron chi connectivity index (χ3n) is 2.80. The van der Waals surface area contributed by atoms with E-state index in [1.807, 2.05) is 0 Å². The normalized spacial score (nSPS) is 10.4. The summed E-state index contributed by atoms with van der Waals surface area (Å²) in [6.07, 6.45) is 5.22. The standard InChI is InChI=1S/C16H27NO4/c1-4-6-10-19-15(20-11-7-5-2)9-8-12-21-16(18)14(3)13-17/h15H,3-12H2,1-2H3. The Labute approximate surface area is 127 Å². The molecule has 0 heterocycles. The number of hydrogen-bond acceptors (Lipinski definition) is 5. The molecule has 0 aromatic rings. The molecule has 21 heavy (non-hydrogen) atoms. The summed E-state index contributed by atoms with van der Waals surface area (Å²) in [6.45, 7) is 9.12. The van der Waals surface area contributed by atoms with E-state index in [1.165, 1.54) is 0 Å². The molecule has 0 unspecified atom stereocenters. The van der Waals surface area contributed by atoms with Gasteiger partial charge in [0.15, 0.2) is 6.29 Å². The molecule has 5 heteroatoms. The SMILES string of the molecule is C=C(C#N)C(=O)OCCCC(OCCCC)OCCCC. The maximum absolute atomic E-state index is 11.2. The van der Waals surface area contributed by atoms with Crippen molar-refractivity contribution in [3.05, 3.63) is 12.2 Å². The van der Waals surface area contributed by atoms with Crippen molar-refractivity contribution in [2.24, 2.45) is 0 Å². The Bertz CT molecular complexity index is 326. The number of hydrogen-bond donors (Lipinski definition) is 0. The number of nitriles is 1. The molecule has 0 atom stereocenters. The van der Waals surface area contributed by atoms with Crippen molar-refractivity contribution in [3.8, 4) is 6.07 Å². The van der Waals surface area contributed by atoms with Gasteiger partial charge in [-0.15, -0.1) is 0 Å². The van der Waals surface area contributed by atoms with E-state index in [4.69, 9.17) is 19.5 Å². The van der Waals surface area contributed by atoms with Gasteiger partial charge in [-0.3, -0.25) is 0 Å². The molecule has 5 nitrogen and oxygen atoms in total. The summed E-state index contributed by atoms with van der Waals surface area (Å²) in [5, 5.41) is 8.50. The van der Waals surface area contributed by atoms with Crippen molar-refractivity contribution in [1.82, 2.24) is 0 Å². The number of ether oxygens (including phenoxy) is 3. The third kappa shape index (κ3) is 11.0. The lowest BCUT2D eigenvalue weighted by atomic mass is 10.3. The van der Waals surface area contributed by atoms with Gasteiger partial charge in [0.1, 0.15) is 11.6 Å². The zero-order chi connectivity index (χ0) is 15.9. The lowest BCUT2D eigenvalue weighted by Gasteiger charge is -2.18. The lowest BCUT2D eigenvalue weighted by Crippen LogP contribution is -2.20. The highest BCUT2D eigenvalue weighted by atomic mass is 16.7. The highest BCUT2D eigenvalue weighted by molar-refractivity contribution is 5.91. The van der Waals surface area contributed by atoms with Crippen molar-refractivity contribution < 1.29 is 19.0 Å². The summed E-state index contributed by atoms with van der Waals surface area (Å²) in [6, 6.07) is 1.66. The molecule has 0 aromatic carbocycles. The number of rotatable bonds is 13. The van der Waals surface area contributed by atoms with Crippen LogP contribution in [-0.4, -0.2) is 32.1 Å². The van der Waals surface area contributed by atoms with Crippen molar-refractivity contribution in [1.29, 1.82) is 5.26 Å². The molecule has 0 aromatic heterocycles. The van der Waals surface area contributed by atoms with E-state index in [2.05, 4.69) is 20.4 Å². The second-order valence-corrected chi connectivity index (χ2v) is 4.75.